The second-order valence-corrected chi connectivity index (χ2v) is 3.53. The molecule has 0 bridgehead atoms. The molecule has 1 rings (SSSR count). The molecule has 2 N–H and O–H groups in total. The van der Waals surface area contributed by atoms with Crippen LogP contribution < -0.4 is 5.73 Å². The molecule has 13 heavy (non-hydrogen) atoms. The molecular weight excluding hydrogens is 207 g/mol. The molecule has 0 amide bonds. The Hall–Kier alpha value is 0.500. The number of nitrogens with two attached hydrogens (primary N) is 1. The van der Waals surface area contributed by atoms with Gasteiger partial charge in [0.15, 0.2) is 0 Å². The van der Waals surface area contributed by atoms with Crippen LogP contribution in [0.25, 0.3) is 0 Å². The lowest BCUT2D eigenvalue weighted by atomic mass is 10.3. The predicted octanol–water partition coefficient (Wildman–Crippen LogP) is 1.91. The van der Waals surface area contributed by atoms with Crippen LogP contribution in [0.5, 0.6) is 0 Å². The summed E-state index contributed by atoms with van der Waals surface area (Å²) in [6.07, 6.45) is 4.16. The van der Waals surface area contributed by atoms with Gasteiger partial charge in [-0.15, -0.1) is 24.8 Å². The lowest BCUT2D eigenvalue weighted by Crippen LogP contribution is -2.31. The van der Waals surface area contributed by atoms with Gasteiger partial charge >= 0.3 is 0 Å². The first-order chi connectivity index (χ1) is 5.36. The highest BCUT2D eigenvalue weighted by Crippen LogP contribution is 2.29. The maximum absolute atomic E-state index is 5.51. The van der Waals surface area contributed by atoms with E-state index in [0.29, 0.717) is 0 Å². The van der Waals surface area contributed by atoms with E-state index in [4.69, 9.17) is 5.73 Å². The van der Waals surface area contributed by atoms with E-state index in [2.05, 4.69) is 11.8 Å². The molecule has 1 aliphatic carbocycles. The molecule has 0 aromatic heterocycles. The topological polar surface area (TPSA) is 29.3 Å². The normalized spacial score (nSPS) is 15.0. The molecule has 1 saturated carbocycles. The summed E-state index contributed by atoms with van der Waals surface area (Å²) in [6, 6.07) is 0. The van der Waals surface area contributed by atoms with Crippen LogP contribution in [0.2, 0.25) is 0 Å². The Labute approximate surface area is 94.1 Å². The van der Waals surface area contributed by atoms with Gasteiger partial charge in [-0.2, -0.15) is 0 Å². The van der Waals surface area contributed by atoms with Crippen LogP contribution in [-0.2, 0) is 0 Å². The highest BCUT2D eigenvalue weighted by molar-refractivity contribution is 5.85. The molecule has 0 aliphatic heterocycles. The molecule has 0 spiro atoms. The van der Waals surface area contributed by atoms with E-state index >= 15 is 0 Å². The first-order valence-corrected chi connectivity index (χ1v) is 4.79. The van der Waals surface area contributed by atoms with E-state index in [9.17, 15) is 0 Å². The molecule has 0 radical (unpaired) electrons. The van der Waals surface area contributed by atoms with Crippen molar-refractivity contribution < 1.29 is 0 Å². The summed E-state index contributed by atoms with van der Waals surface area (Å²) in [6.45, 7) is 6.66. The summed E-state index contributed by atoms with van der Waals surface area (Å²) in [7, 11) is 0. The zero-order valence-corrected chi connectivity index (χ0v) is 10.0. The van der Waals surface area contributed by atoms with E-state index in [-0.39, 0.29) is 24.8 Å². The third-order valence-electron chi connectivity index (χ3n) is 2.20. The molecule has 0 aromatic rings. The smallest absolute Gasteiger partial charge is 0.0105 e. The van der Waals surface area contributed by atoms with Crippen molar-refractivity contribution in [3.63, 3.8) is 0 Å². The Bertz CT molecular complexity index is 102. The maximum atomic E-state index is 5.51. The van der Waals surface area contributed by atoms with Crippen LogP contribution >= 0.6 is 24.8 Å². The lowest BCUT2D eigenvalue weighted by molar-refractivity contribution is 0.270. The molecule has 82 valence electrons. The van der Waals surface area contributed by atoms with E-state index < -0.39 is 0 Å². The van der Waals surface area contributed by atoms with Crippen molar-refractivity contribution in [2.24, 2.45) is 11.7 Å². The molecule has 2 nitrogen and oxygen atoms in total. The summed E-state index contributed by atoms with van der Waals surface area (Å²) >= 11 is 0. The lowest BCUT2D eigenvalue weighted by Gasteiger charge is -2.20. The first kappa shape index (κ1) is 15.9. The minimum Gasteiger partial charge on any atom is -0.329 e. The number of halogens is 2. The summed E-state index contributed by atoms with van der Waals surface area (Å²) in [5.74, 6) is 1.01. The molecule has 0 heterocycles. The summed E-state index contributed by atoms with van der Waals surface area (Å²) < 4.78 is 0. The average Bonchev–Trinajstić information content (AvgIpc) is 2.73. The third kappa shape index (κ3) is 7.56. The van der Waals surface area contributed by atoms with Crippen LogP contribution in [-0.4, -0.2) is 31.1 Å². The second-order valence-electron chi connectivity index (χ2n) is 3.53. The Morgan fingerprint density at radius 3 is 2.23 bits per heavy atom. The van der Waals surface area contributed by atoms with Gasteiger partial charge in [0.05, 0.1) is 0 Å². The van der Waals surface area contributed by atoms with Crippen LogP contribution in [0.1, 0.15) is 26.2 Å². The zero-order chi connectivity index (χ0) is 8.10. The third-order valence-corrected chi connectivity index (χ3v) is 2.20. The van der Waals surface area contributed by atoms with E-state index in [1.165, 1.54) is 32.4 Å². The molecule has 1 aliphatic rings. The molecule has 0 unspecified atom stereocenters. The zero-order valence-electron chi connectivity index (χ0n) is 8.37. The standard InChI is InChI=1S/C9H20N2.2ClH/c1-2-6-11(7-5-10)8-9-3-4-9;;/h9H,2-8,10H2,1H3;2*1H. The highest BCUT2D eigenvalue weighted by Gasteiger charge is 2.23. The van der Waals surface area contributed by atoms with E-state index in [1.54, 1.807) is 0 Å². The number of hydrogen-bond acceptors (Lipinski definition) is 2. The van der Waals surface area contributed by atoms with Crippen LogP contribution in [0.4, 0.5) is 0 Å². The molecule has 1 fully saturated rings. The van der Waals surface area contributed by atoms with Crippen molar-refractivity contribution in [2.45, 2.75) is 26.2 Å². The Morgan fingerprint density at radius 2 is 1.85 bits per heavy atom. The molecule has 4 heteroatoms. The minimum absolute atomic E-state index is 0. The molecular formula is C9H22Cl2N2. The minimum atomic E-state index is 0. The van der Waals surface area contributed by atoms with Gasteiger partial charge in [0.25, 0.3) is 0 Å². The maximum Gasteiger partial charge on any atom is 0.0105 e. The quantitative estimate of drug-likeness (QED) is 0.753. The van der Waals surface area contributed by atoms with Crippen molar-refractivity contribution in [1.29, 1.82) is 0 Å². The van der Waals surface area contributed by atoms with Crippen molar-refractivity contribution in [3.8, 4) is 0 Å². The van der Waals surface area contributed by atoms with Gasteiger partial charge in [-0.05, 0) is 31.7 Å². The van der Waals surface area contributed by atoms with Crippen LogP contribution in [0, 0.1) is 5.92 Å². The molecule has 0 saturated heterocycles. The van der Waals surface area contributed by atoms with Crippen LogP contribution in [0.3, 0.4) is 0 Å². The molecule has 0 atom stereocenters. The van der Waals surface area contributed by atoms with E-state index in [1.807, 2.05) is 0 Å². The van der Waals surface area contributed by atoms with Gasteiger partial charge in [0.2, 0.25) is 0 Å². The monoisotopic (exact) mass is 228 g/mol. The van der Waals surface area contributed by atoms with Crippen LogP contribution in [0.15, 0.2) is 0 Å². The highest BCUT2D eigenvalue weighted by atomic mass is 35.5. The van der Waals surface area contributed by atoms with Gasteiger partial charge in [-0.3, -0.25) is 0 Å². The fraction of sp³-hybridized carbons (Fsp3) is 1.00. The summed E-state index contributed by atoms with van der Waals surface area (Å²) in [5.41, 5.74) is 5.51. The average molecular weight is 229 g/mol. The Balaban J connectivity index is 0. The van der Waals surface area contributed by atoms with Gasteiger partial charge in [-0.1, -0.05) is 6.92 Å². The van der Waals surface area contributed by atoms with Gasteiger partial charge in [0, 0.05) is 19.6 Å². The summed E-state index contributed by atoms with van der Waals surface area (Å²) in [5, 5.41) is 0. The fourth-order valence-electron chi connectivity index (χ4n) is 1.46. The van der Waals surface area contributed by atoms with Gasteiger partial charge in [-0.25, -0.2) is 0 Å². The van der Waals surface area contributed by atoms with Crippen molar-refractivity contribution >= 4 is 24.8 Å². The largest absolute Gasteiger partial charge is 0.329 e. The van der Waals surface area contributed by atoms with Crippen molar-refractivity contribution in [3.05, 3.63) is 0 Å². The number of nitrogens with zero attached hydrogens (tertiary/aromatic N) is 1. The fourth-order valence-corrected chi connectivity index (χ4v) is 1.46. The van der Waals surface area contributed by atoms with Crippen molar-refractivity contribution in [1.82, 2.24) is 4.90 Å². The Kier molecular flexibility index (Phi) is 11.1. The SMILES string of the molecule is CCCN(CCN)CC1CC1.Cl.Cl. The number of rotatable bonds is 6. The van der Waals surface area contributed by atoms with Gasteiger partial charge < -0.3 is 10.6 Å². The van der Waals surface area contributed by atoms with Gasteiger partial charge in [0.1, 0.15) is 0 Å². The first-order valence-electron chi connectivity index (χ1n) is 4.79. The molecule has 0 aromatic carbocycles. The second kappa shape index (κ2) is 9.07. The van der Waals surface area contributed by atoms with Crippen molar-refractivity contribution in [2.75, 3.05) is 26.2 Å². The number of hydrogen-bond donors (Lipinski definition) is 1. The van der Waals surface area contributed by atoms with E-state index in [0.717, 1.165) is 19.0 Å². The Morgan fingerprint density at radius 1 is 1.23 bits per heavy atom. The predicted molar refractivity (Wildman–Crippen MR) is 63.0 cm³/mol. The summed E-state index contributed by atoms with van der Waals surface area (Å²) in [4.78, 5) is 2.50.